The minimum Gasteiger partial charge on any atom is -0.322 e. The van der Waals surface area contributed by atoms with Crippen molar-refractivity contribution in [3.63, 3.8) is 0 Å². The van der Waals surface area contributed by atoms with Crippen molar-refractivity contribution in [1.29, 1.82) is 0 Å². The highest BCUT2D eigenvalue weighted by Gasteiger charge is 2.26. The molecule has 0 spiro atoms. The van der Waals surface area contributed by atoms with Crippen LogP contribution in [0.2, 0.25) is 0 Å². The number of carbonyl (C=O) groups excluding carboxylic acids is 1. The second kappa shape index (κ2) is 8.19. The van der Waals surface area contributed by atoms with Gasteiger partial charge in [0.1, 0.15) is 5.82 Å². The molecule has 0 unspecified atom stereocenters. The van der Waals surface area contributed by atoms with E-state index in [-0.39, 0.29) is 16.1 Å². The first-order valence-electron chi connectivity index (χ1n) is 8.82. The fraction of sp³-hybridized carbons (Fsp3) is 0.278. The van der Waals surface area contributed by atoms with Crippen molar-refractivity contribution in [2.45, 2.75) is 29.1 Å². The van der Waals surface area contributed by atoms with Crippen LogP contribution in [-0.4, -0.2) is 40.1 Å². The number of hydrogen-bond acceptors (Lipinski definition) is 5. The third-order valence-corrected chi connectivity index (χ3v) is 7.29. The molecular weight excluding hydrogens is 421 g/mol. The summed E-state index contributed by atoms with van der Waals surface area (Å²) in [6.07, 6.45) is 2.54. The topological polar surface area (TPSA) is 127 Å². The van der Waals surface area contributed by atoms with Crippen molar-refractivity contribution < 1.29 is 26.0 Å². The maximum atomic E-state index is 13.7. The normalized spacial score (nSPS) is 15.8. The fourth-order valence-electron chi connectivity index (χ4n) is 3.05. The molecule has 0 atom stereocenters. The van der Waals surface area contributed by atoms with Crippen LogP contribution >= 0.6 is 0 Å². The quantitative estimate of drug-likeness (QED) is 0.733. The van der Waals surface area contributed by atoms with Crippen LogP contribution in [0, 0.1) is 5.82 Å². The Morgan fingerprint density at radius 2 is 1.66 bits per heavy atom. The second-order valence-electron chi connectivity index (χ2n) is 6.67. The number of nitrogens with two attached hydrogens (primary N) is 1. The lowest BCUT2D eigenvalue weighted by Gasteiger charge is -2.26. The molecule has 2 aromatic carbocycles. The van der Waals surface area contributed by atoms with E-state index in [0.29, 0.717) is 13.1 Å². The van der Waals surface area contributed by atoms with Crippen molar-refractivity contribution in [1.82, 2.24) is 4.31 Å². The second-order valence-corrected chi connectivity index (χ2v) is 10.2. The Bertz CT molecular complexity index is 1140. The summed E-state index contributed by atoms with van der Waals surface area (Å²) in [5.41, 5.74) is -0.0900. The molecule has 8 nitrogen and oxygen atoms in total. The van der Waals surface area contributed by atoms with Crippen LogP contribution in [-0.2, 0) is 20.0 Å². The lowest BCUT2D eigenvalue weighted by atomic mass is 10.2. The van der Waals surface area contributed by atoms with Gasteiger partial charge in [-0.25, -0.2) is 26.4 Å². The van der Waals surface area contributed by atoms with Crippen LogP contribution in [0.1, 0.15) is 29.6 Å². The molecule has 0 radical (unpaired) electrons. The number of amides is 1. The molecule has 156 valence electrons. The van der Waals surface area contributed by atoms with Gasteiger partial charge in [0.25, 0.3) is 5.91 Å². The molecule has 2 aromatic rings. The summed E-state index contributed by atoms with van der Waals surface area (Å²) in [4.78, 5) is 12.0. The van der Waals surface area contributed by atoms with Gasteiger partial charge in [-0.05, 0) is 49.2 Å². The van der Waals surface area contributed by atoms with E-state index < -0.39 is 36.7 Å². The van der Waals surface area contributed by atoms with E-state index in [9.17, 15) is 26.0 Å². The first kappa shape index (κ1) is 21.4. The molecule has 3 rings (SSSR count). The molecule has 1 aliphatic rings. The number of carbonyl (C=O) groups is 1. The summed E-state index contributed by atoms with van der Waals surface area (Å²) in [7, 11) is -7.89. The number of rotatable bonds is 5. The van der Waals surface area contributed by atoms with E-state index in [1.54, 1.807) is 0 Å². The monoisotopic (exact) mass is 441 g/mol. The average Bonchev–Trinajstić information content (AvgIpc) is 2.67. The van der Waals surface area contributed by atoms with Gasteiger partial charge >= 0.3 is 0 Å². The number of benzene rings is 2. The number of nitrogens with zero attached hydrogens (tertiary/aromatic N) is 1. The number of hydrogen-bond donors (Lipinski definition) is 2. The zero-order valence-electron chi connectivity index (χ0n) is 15.3. The van der Waals surface area contributed by atoms with Gasteiger partial charge in [-0.2, -0.15) is 4.31 Å². The van der Waals surface area contributed by atoms with E-state index in [4.69, 9.17) is 5.14 Å². The number of nitrogens with one attached hydrogen (secondary N) is 1. The SMILES string of the molecule is NS(=O)(=O)c1cc(F)cc(NC(=O)c2cccc(S(=O)(=O)N3CCCCC3)c2)c1. The minimum absolute atomic E-state index is 0.0171. The summed E-state index contributed by atoms with van der Waals surface area (Å²) in [6, 6.07) is 8.17. The van der Waals surface area contributed by atoms with Crippen molar-refractivity contribution in [2.75, 3.05) is 18.4 Å². The first-order valence-corrected chi connectivity index (χ1v) is 11.8. The molecule has 29 heavy (non-hydrogen) atoms. The smallest absolute Gasteiger partial charge is 0.255 e. The van der Waals surface area contributed by atoms with E-state index in [1.165, 1.54) is 28.6 Å². The van der Waals surface area contributed by atoms with Crippen molar-refractivity contribution in [3.8, 4) is 0 Å². The van der Waals surface area contributed by atoms with Crippen molar-refractivity contribution in [3.05, 3.63) is 53.8 Å². The molecular formula is C18H20FN3O5S2. The predicted molar refractivity (Wildman–Crippen MR) is 105 cm³/mol. The van der Waals surface area contributed by atoms with Crippen LogP contribution in [0.5, 0.6) is 0 Å². The molecule has 0 aromatic heterocycles. The number of anilines is 1. The molecule has 3 N–H and O–H groups in total. The zero-order chi connectivity index (χ0) is 21.2. The zero-order valence-corrected chi connectivity index (χ0v) is 17.0. The van der Waals surface area contributed by atoms with E-state index in [0.717, 1.165) is 37.5 Å². The highest BCUT2D eigenvalue weighted by Crippen LogP contribution is 2.22. The standard InChI is InChI=1S/C18H20FN3O5S2/c19-14-10-15(12-17(11-14)28(20,24)25)21-18(23)13-5-4-6-16(9-13)29(26,27)22-7-2-1-3-8-22/h4-6,9-12H,1-3,7-8H2,(H,21,23)(H2,20,24,25). The average molecular weight is 442 g/mol. The Morgan fingerprint density at radius 3 is 2.31 bits per heavy atom. The fourth-order valence-corrected chi connectivity index (χ4v) is 5.19. The Morgan fingerprint density at radius 1 is 0.966 bits per heavy atom. The maximum absolute atomic E-state index is 13.7. The molecule has 1 heterocycles. The third kappa shape index (κ3) is 4.99. The van der Waals surface area contributed by atoms with Gasteiger partial charge in [-0.15, -0.1) is 0 Å². The summed E-state index contributed by atoms with van der Waals surface area (Å²) in [5.74, 6) is -1.61. The van der Waals surface area contributed by atoms with Crippen LogP contribution in [0.3, 0.4) is 0 Å². The molecule has 1 amide bonds. The number of piperidine rings is 1. The Hall–Kier alpha value is -2.34. The van der Waals surface area contributed by atoms with Crippen LogP contribution in [0.4, 0.5) is 10.1 Å². The molecule has 1 saturated heterocycles. The lowest BCUT2D eigenvalue weighted by molar-refractivity contribution is 0.102. The van der Waals surface area contributed by atoms with Gasteiger partial charge in [0, 0.05) is 24.3 Å². The third-order valence-electron chi connectivity index (χ3n) is 4.51. The van der Waals surface area contributed by atoms with Gasteiger partial charge in [-0.3, -0.25) is 4.79 Å². The first-order chi connectivity index (χ1) is 13.6. The van der Waals surface area contributed by atoms with Crippen LogP contribution in [0.25, 0.3) is 0 Å². The summed E-state index contributed by atoms with van der Waals surface area (Å²) >= 11 is 0. The van der Waals surface area contributed by atoms with Gasteiger partial charge in [0.2, 0.25) is 20.0 Å². The highest BCUT2D eigenvalue weighted by molar-refractivity contribution is 7.89. The van der Waals surface area contributed by atoms with E-state index in [1.807, 2.05) is 0 Å². The molecule has 1 fully saturated rings. The summed E-state index contributed by atoms with van der Waals surface area (Å²) < 4.78 is 63.5. The summed E-state index contributed by atoms with van der Waals surface area (Å²) in [6.45, 7) is 0.858. The minimum atomic E-state index is -4.16. The Balaban J connectivity index is 1.86. The Kier molecular flexibility index (Phi) is 6.03. The van der Waals surface area contributed by atoms with E-state index >= 15 is 0 Å². The Labute approximate surface area is 168 Å². The summed E-state index contributed by atoms with van der Waals surface area (Å²) in [5, 5.41) is 7.36. The lowest BCUT2D eigenvalue weighted by Crippen LogP contribution is -2.35. The highest BCUT2D eigenvalue weighted by atomic mass is 32.2. The van der Waals surface area contributed by atoms with Gasteiger partial charge in [0.05, 0.1) is 9.79 Å². The predicted octanol–water partition coefficient (Wildman–Crippen LogP) is 1.90. The van der Waals surface area contributed by atoms with Gasteiger partial charge in [0.15, 0.2) is 0 Å². The van der Waals surface area contributed by atoms with Crippen LogP contribution in [0.15, 0.2) is 52.3 Å². The number of primary sulfonamides is 1. The number of halogens is 1. The molecule has 11 heteroatoms. The largest absolute Gasteiger partial charge is 0.322 e. The molecule has 1 aliphatic heterocycles. The number of sulfonamides is 2. The van der Waals surface area contributed by atoms with Crippen molar-refractivity contribution >= 4 is 31.6 Å². The van der Waals surface area contributed by atoms with Gasteiger partial charge < -0.3 is 5.32 Å². The molecule has 0 bridgehead atoms. The molecule has 0 aliphatic carbocycles. The van der Waals surface area contributed by atoms with Crippen LogP contribution < -0.4 is 10.5 Å². The molecule has 0 saturated carbocycles. The van der Waals surface area contributed by atoms with Gasteiger partial charge in [-0.1, -0.05) is 12.5 Å². The van der Waals surface area contributed by atoms with Crippen molar-refractivity contribution in [2.24, 2.45) is 5.14 Å². The van der Waals surface area contributed by atoms with E-state index in [2.05, 4.69) is 5.32 Å². The maximum Gasteiger partial charge on any atom is 0.255 e.